The topological polar surface area (TPSA) is 186 Å². The van der Waals surface area contributed by atoms with Gasteiger partial charge in [0.1, 0.15) is 5.69 Å². The summed E-state index contributed by atoms with van der Waals surface area (Å²) in [7, 11) is -7.37. The normalized spacial score (nSPS) is 14.8. The van der Waals surface area contributed by atoms with Crippen LogP contribution in [0.25, 0.3) is 0 Å². The first-order valence-electron chi connectivity index (χ1n) is 15.8. The smallest absolute Gasteiger partial charge is 0.294 e. The van der Waals surface area contributed by atoms with Gasteiger partial charge < -0.3 is 16.4 Å². The minimum absolute atomic E-state index is 0.102. The predicted molar refractivity (Wildman–Crippen MR) is 190 cm³/mol. The molecule has 4 aromatic carbocycles. The van der Waals surface area contributed by atoms with Crippen LogP contribution in [0.2, 0.25) is 0 Å². The summed E-state index contributed by atoms with van der Waals surface area (Å²) >= 11 is 0. The van der Waals surface area contributed by atoms with Crippen LogP contribution in [0.3, 0.4) is 0 Å². The summed E-state index contributed by atoms with van der Waals surface area (Å²) in [5.41, 5.74) is 8.29. The minimum atomic E-state index is -3.78. The maximum Gasteiger partial charge on any atom is 0.294 e. The Bertz CT molecular complexity index is 1920. The van der Waals surface area contributed by atoms with Gasteiger partial charge in [-0.25, -0.2) is 16.8 Å². The third-order valence-electron chi connectivity index (χ3n) is 8.47. The Morgan fingerprint density at radius 3 is 1.50 bits per heavy atom. The lowest BCUT2D eigenvalue weighted by Crippen LogP contribution is -2.21. The maximum atomic E-state index is 12.3. The highest BCUT2D eigenvalue weighted by molar-refractivity contribution is 7.93. The van der Waals surface area contributed by atoms with Crippen LogP contribution >= 0.6 is 0 Å². The number of nitro benzene ring substituents is 1. The highest BCUT2D eigenvalue weighted by Crippen LogP contribution is 2.32. The number of nitrogens with zero attached hydrogens (tertiary/aromatic N) is 1. The molecule has 48 heavy (non-hydrogen) atoms. The molecule has 0 aromatic heterocycles. The summed E-state index contributed by atoms with van der Waals surface area (Å²) in [4.78, 5) is 11.1. The minimum Gasteiger partial charge on any atom is -0.397 e. The molecule has 0 bridgehead atoms. The molecule has 14 heteroatoms. The third kappa shape index (κ3) is 9.16. The molecule has 0 unspecified atom stereocenters. The lowest BCUT2D eigenvalue weighted by atomic mass is 9.85. The van der Waals surface area contributed by atoms with Crippen molar-refractivity contribution in [3.05, 3.63) is 107 Å². The summed E-state index contributed by atoms with van der Waals surface area (Å²) in [5.74, 6) is 1.28. The average Bonchev–Trinajstić information content (AvgIpc) is 3.02. The number of hydrogen-bond acceptors (Lipinski definition) is 9. The zero-order chi connectivity index (χ0) is 34.1. The zero-order valence-corrected chi connectivity index (χ0v) is 28.0. The van der Waals surface area contributed by atoms with Crippen LogP contribution < -0.4 is 25.8 Å². The van der Waals surface area contributed by atoms with Crippen molar-refractivity contribution in [1.82, 2.24) is 0 Å². The fourth-order valence-electron chi connectivity index (χ4n) is 5.21. The van der Waals surface area contributed by atoms with Crippen LogP contribution in [0.4, 0.5) is 34.1 Å². The summed E-state index contributed by atoms with van der Waals surface area (Å²) < 4.78 is 54.2. The van der Waals surface area contributed by atoms with Crippen molar-refractivity contribution in [3.63, 3.8) is 0 Å². The van der Waals surface area contributed by atoms with E-state index in [2.05, 4.69) is 20.1 Å². The van der Waals surface area contributed by atoms with Gasteiger partial charge in [-0.1, -0.05) is 49.2 Å². The number of sulfonamides is 2. The molecule has 4 aromatic rings. The molecule has 2 fully saturated rings. The van der Waals surface area contributed by atoms with Gasteiger partial charge in [0, 0.05) is 19.2 Å². The number of benzene rings is 4. The average molecular weight is 693 g/mol. The number of rotatable bonds is 13. The number of nitrogen functional groups attached to an aromatic ring is 1. The Labute approximate surface area is 281 Å². The van der Waals surface area contributed by atoms with Gasteiger partial charge >= 0.3 is 0 Å². The van der Waals surface area contributed by atoms with E-state index in [0.717, 1.165) is 31.0 Å². The van der Waals surface area contributed by atoms with Gasteiger partial charge in [-0.15, -0.1) is 0 Å². The van der Waals surface area contributed by atoms with Gasteiger partial charge in [-0.3, -0.25) is 19.6 Å². The predicted octanol–water partition coefficient (Wildman–Crippen LogP) is 6.89. The summed E-state index contributed by atoms with van der Waals surface area (Å²) in [6, 6.07) is 25.6. The van der Waals surface area contributed by atoms with Gasteiger partial charge in [0.05, 0.1) is 37.5 Å². The summed E-state index contributed by atoms with van der Waals surface area (Å²) in [6.07, 6.45) is 7.31. The molecule has 0 atom stereocenters. The van der Waals surface area contributed by atoms with E-state index in [4.69, 9.17) is 5.73 Å². The van der Waals surface area contributed by atoms with E-state index >= 15 is 0 Å². The molecule has 2 saturated carbocycles. The number of nitrogens with one attached hydrogen (secondary N) is 4. The Morgan fingerprint density at radius 1 is 0.646 bits per heavy atom. The van der Waals surface area contributed by atoms with E-state index in [0.29, 0.717) is 29.5 Å². The van der Waals surface area contributed by atoms with E-state index in [1.165, 1.54) is 49.9 Å². The molecule has 0 radical (unpaired) electrons. The number of nitro groups is 1. The first-order valence-corrected chi connectivity index (χ1v) is 18.8. The molecule has 0 saturated heterocycles. The molecular weight excluding hydrogens is 653 g/mol. The van der Waals surface area contributed by atoms with Crippen LogP contribution in [0, 0.1) is 22.0 Å². The van der Waals surface area contributed by atoms with Crippen molar-refractivity contribution in [2.45, 2.75) is 48.3 Å². The third-order valence-corrected chi connectivity index (χ3v) is 11.3. The Balaban J connectivity index is 0.000000188. The highest BCUT2D eigenvalue weighted by Gasteiger charge is 2.22. The monoisotopic (exact) mass is 692 g/mol. The van der Waals surface area contributed by atoms with E-state index in [1.54, 1.807) is 66.7 Å². The molecule has 0 spiro atoms. The first-order chi connectivity index (χ1) is 23.0. The first kappa shape index (κ1) is 34.5. The van der Waals surface area contributed by atoms with Crippen LogP contribution in [-0.2, 0) is 20.0 Å². The van der Waals surface area contributed by atoms with Crippen molar-refractivity contribution in [1.29, 1.82) is 0 Å². The van der Waals surface area contributed by atoms with Crippen molar-refractivity contribution < 1.29 is 21.8 Å². The van der Waals surface area contributed by atoms with Crippen LogP contribution in [0.1, 0.15) is 38.5 Å². The molecule has 0 amide bonds. The lowest BCUT2D eigenvalue weighted by Gasteiger charge is -2.26. The number of nitrogens with two attached hydrogens (primary N) is 1. The van der Waals surface area contributed by atoms with Crippen LogP contribution in [0.5, 0.6) is 0 Å². The van der Waals surface area contributed by atoms with E-state index in [-0.39, 0.29) is 21.2 Å². The van der Waals surface area contributed by atoms with Gasteiger partial charge in [-0.05, 0) is 92.1 Å². The molecule has 254 valence electrons. The Morgan fingerprint density at radius 2 is 1.08 bits per heavy atom. The molecule has 0 aliphatic heterocycles. The zero-order valence-electron chi connectivity index (χ0n) is 26.3. The van der Waals surface area contributed by atoms with E-state index in [1.807, 2.05) is 6.07 Å². The molecular formula is C34H40N6O6S2. The van der Waals surface area contributed by atoms with Gasteiger partial charge in [-0.2, -0.15) is 0 Å². The van der Waals surface area contributed by atoms with Gasteiger partial charge in [0.2, 0.25) is 0 Å². The van der Waals surface area contributed by atoms with Gasteiger partial charge in [0.25, 0.3) is 25.7 Å². The second-order valence-corrected chi connectivity index (χ2v) is 15.3. The Hall–Kier alpha value is -4.82. The summed E-state index contributed by atoms with van der Waals surface area (Å²) in [5, 5.41) is 17.8. The SMILES string of the molecule is Nc1cc(NS(=O)(=O)c2ccccc2)ccc1NCC1CCC1.O=[N+]([O-])c1cc(NS(=O)(=O)c2ccccc2)ccc1NCC1CCC1. The van der Waals surface area contributed by atoms with Crippen LogP contribution in [-0.4, -0.2) is 34.8 Å². The molecule has 2 aliphatic carbocycles. The number of anilines is 5. The fourth-order valence-corrected chi connectivity index (χ4v) is 7.35. The largest absolute Gasteiger partial charge is 0.397 e. The number of hydrogen-bond donors (Lipinski definition) is 5. The maximum absolute atomic E-state index is 12.3. The standard InChI is InChI=1S/C17H19N3O4S.C17H21N3O2S/c21-20(22)17-11-14(9-10-16(17)18-12-13-5-4-6-13)19-25(23,24)15-7-2-1-3-8-15;18-16-11-14(9-10-17(16)19-12-13-5-4-6-13)20-23(21,22)15-7-2-1-3-8-15/h1-3,7-11,13,18-19H,4-6,12H2;1-3,7-11,13,19-20H,4-6,12,18H2. The van der Waals surface area contributed by atoms with Crippen LogP contribution in [0.15, 0.2) is 107 Å². The Kier molecular flexibility index (Phi) is 11.1. The molecule has 0 heterocycles. The van der Waals surface area contributed by atoms with Crippen molar-refractivity contribution in [2.24, 2.45) is 11.8 Å². The summed E-state index contributed by atoms with van der Waals surface area (Å²) in [6.45, 7) is 1.61. The molecule has 6 N–H and O–H groups in total. The van der Waals surface area contributed by atoms with Crippen molar-refractivity contribution in [3.8, 4) is 0 Å². The van der Waals surface area contributed by atoms with E-state index in [9.17, 15) is 26.9 Å². The molecule has 2 aliphatic rings. The quantitative estimate of drug-likeness (QED) is 0.0565. The second-order valence-electron chi connectivity index (χ2n) is 12.0. The van der Waals surface area contributed by atoms with Crippen molar-refractivity contribution in [2.75, 3.05) is 38.9 Å². The highest BCUT2D eigenvalue weighted by atomic mass is 32.2. The fraction of sp³-hybridized carbons (Fsp3) is 0.294. The second kappa shape index (κ2) is 15.4. The van der Waals surface area contributed by atoms with Crippen molar-refractivity contribution >= 4 is 54.2 Å². The van der Waals surface area contributed by atoms with E-state index < -0.39 is 25.0 Å². The van der Waals surface area contributed by atoms with Gasteiger partial charge in [0.15, 0.2) is 0 Å². The molecule has 12 nitrogen and oxygen atoms in total. The molecule has 6 rings (SSSR count). The lowest BCUT2D eigenvalue weighted by molar-refractivity contribution is -0.383.